The number of amides is 1. The van der Waals surface area contributed by atoms with Crippen LogP contribution in [0, 0.1) is 6.92 Å². The topological polar surface area (TPSA) is 65.2 Å². The Labute approximate surface area is 146 Å². The highest BCUT2D eigenvalue weighted by atomic mass is 35.5. The van der Waals surface area contributed by atoms with Gasteiger partial charge in [0.1, 0.15) is 5.56 Å². The zero-order valence-electron chi connectivity index (χ0n) is 13.7. The van der Waals surface area contributed by atoms with Crippen LogP contribution >= 0.6 is 12.4 Å². The number of H-pyrrole nitrogens is 1. The third kappa shape index (κ3) is 2.82. The van der Waals surface area contributed by atoms with Crippen molar-refractivity contribution in [2.24, 2.45) is 0 Å². The van der Waals surface area contributed by atoms with Gasteiger partial charge in [-0.2, -0.15) is 0 Å². The summed E-state index contributed by atoms with van der Waals surface area (Å²) in [5.74, 6) is -0.135. The molecule has 2 aromatic rings. The normalized spacial score (nSPS) is 23.0. The molecule has 0 radical (unpaired) electrons. The number of aryl methyl sites for hydroxylation is 1. The van der Waals surface area contributed by atoms with E-state index in [1.165, 1.54) is 6.42 Å². The fourth-order valence-electron chi connectivity index (χ4n) is 3.95. The largest absolute Gasteiger partial charge is 0.337 e. The van der Waals surface area contributed by atoms with Gasteiger partial charge in [0.2, 0.25) is 0 Å². The van der Waals surface area contributed by atoms with Gasteiger partial charge < -0.3 is 15.2 Å². The van der Waals surface area contributed by atoms with Crippen molar-refractivity contribution in [3.8, 4) is 0 Å². The molecule has 128 valence electrons. The highest BCUT2D eigenvalue weighted by Gasteiger charge is 2.32. The third-order valence-corrected chi connectivity index (χ3v) is 5.21. The molecule has 1 aromatic carbocycles. The molecule has 4 rings (SSSR count). The lowest BCUT2D eigenvalue weighted by Crippen LogP contribution is -2.41. The van der Waals surface area contributed by atoms with Crippen LogP contribution < -0.4 is 10.9 Å². The Morgan fingerprint density at radius 1 is 1.17 bits per heavy atom. The average molecular weight is 348 g/mol. The second-order valence-electron chi connectivity index (χ2n) is 6.68. The van der Waals surface area contributed by atoms with Crippen LogP contribution in [0.4, 0.5) is 0 Å². The molecule has 1 amide bonds. The van der Waals surface area contributed by atoms with Crippen molar-refractivity contribution in [1.29, 1.82) is 0 Å². The molecule has 0 aliphatic carbocycles. The van der Waals surface area contributed by atoms with Crippen LogP contribution in [0.5, 0.6) is 0 Å². The fraction of sp³-hybridized carbons (Fsp3) is 0.444. The minimum atomic E-state index is -0.284. The molecule has 3 heterocycles. The van der Waals surface area contributed by atoms with Gasteiger partial charge >= 0.3 is 0 Å². The minimum absolute atomic E-state index is 0. The standard InChI is InChI=1S/C18H21N3O2.ClH/c1-11-14-4-2-3-5-15(14)20-17(22)16(11)18(23)21-9-8-12-6-7-13(10-21)19-12;/h2-5,12-13,19H,6-10H2,1H3,(H,20,22);1H. The summed E-state index contributed by atoms with van der Waals surface area (Å²) in [7, 11) is 0. The number of benzene rings is 1. The molecule has 2 N–H and O–H groups in total. The zero-order valence-corrected chi connectivity index (χ0v) is 14.5. The molecule has 2 saturated heterocycles. The van der Waals surface area contributed by atoms with Crippen LogP contribution in [0.25, 0.3) is 10.9 Å². The van der Waals surface area contributed by atoms with Gasteiger partial charge in [-0.3, -0.25) is 9.59 Å². The number of pyridine rings is 1. The van der Waals surface area contributed by atoms with Crippen LogP contribution in [0.2, 0.25) is 0 Å². The number of rotatable bonds is 1. The molecule has 2 unspecified atom stereocenters. The van der Waals surface area contributed by atoms with E-state index < -0.39 is 0 Å². The quantitative estimate of drug-likeness (QED) is 0.831. The van der Waals surface area contributed by atoms with E-state index in [0.717, 1.165) is 35.9 Å². The number of carbonyl (C=O) groups excluding carboxylic acids is 1. The molecule has 2 aliphatic rings. The summed E-state index contributed by atoms with van der Waals surface area (Å²) in [5, 5.41) is 4.50. The van der Waals surface area contributed by atoms with E-state index >= 15 is 0 Å². The lowest BCUT2D eigenvalue weighted by molar-refractivity contribution is 0.0746. The number of halogens is 1. The van der Waals surface area contributed by atoms with Crippen molar-refractivity contribution in [2.45, 2.75) is 38.3 Å². The van der Waals surface area contributed by atoms with E-state index in [2.05, 4.69) is 10.3 Å². The van der Waals surface area contributed by atoms with Crippen LogP contribution in [-0.2, 0) is 0 Å². The van der Waals surface area contributed by atoms with Gasteiger partial charge in [-0.1, -0.05) is 18.2 Å². The van der Waals surface area contributed by atoms with Crippen molar-refractivity contribution in [3.05, 3.63) is 45.7 Å². The molecule has 2 bridgehead atoms. The first-order valence-corrected chi connectivity index (χ1v) is 8.30. The van der Waals surface area contributed by atoms with Crippen LogP contribution in [-0.4, -0.2) is 41.0 Å². The highest BCUT2D eigenvalue weighted by Crippen LogP contribution is 2.23. The maximum atomic E-state index is 13.0. The second-order valence-corrected chi connectivity index (χ2v) is 6.68. The lowest BCUT2D eigenvalue weighted by Gasteiger charge is -2.24. The molecule has 2 aliphatic heterocycles. The van der Waals surface area contributed by atoms with Crippen molar-refractivity contribution in [3.63, 3.8) is 0 Å². The molecule has 6 heteroatoms. The molecule has 0 saturated carbocycles. The van der Waals surface area contributed by atoms with Gasteiger partial charge in [-0.25, -0.2) is 0 Å². The van der Waals surface area contributed by atoms with Gasteiger partial charge in [0.25, 0.3) is 11.5 Å². The molecule has 2 fully saturated rings. The summed E-state index contributed by atoms with van der Waals surface area (Å²) in [5.41, 5.74) is 1.56. The number of aromatic nitrogens is 1. The number of aromatic amines is 1. The van der Waals surface area contributed by atoms with Crippen molar-refractivity contribution in [2.75, 3.05) is 13.1 Å². The Morgan fingerprint density at radius 2 is 1.92 bits per heavy atom. The number of nitrogens with zero attached hydrogens (tertiary/aromatic N) is 1. The monoisotopic (exact) mass is 347 g/mol. The minimum Gasteiger partial charge on any atom is -0.337 e. The van der Waals surface area contributed by atoms with E-state index in [1.807, 2.05) is 36.1 Å². The number of fused-ring (bicyclic) bond motifs is 3. The summed E-state index contributed by atoms with van der Waals surface area (Å²) in [6, 6.07) is 8.52. The van der Waals surface area contributed by atoms with Crippen molar-refractivity contribution < 1.29 is 4.79 Å². The van der Waals surface area contributed by atoms with Gasteiger partial charge in [0, 0.05) is 36.1 Å². The fourth-order valence-corrected chi connectivity index (χ4v) is 3.95. The summed E-state index contributed by atoms with van der Waals surface area (Å²) in [6.07, 6.45) is 3.27. The van der Waals surface area contributed by atoms with Crippen LogP contribution in [0.1, 0.15) is 35.2 Å². The van der Waals surface area contributed by atoms with E-state index in [4.69, 9.17) is 0 Å². The van der Waals surface area contributed by atoms with E-state index in [0.29, 0.717) is 24.2 Å². The van der Waals surface area contributed by atoms with E-state index in [-0.39, 0.29) is 23.9 Å². The maximum Gasteiger partial charge on any atom is 0.261 e. The molecule has 24 heavy (non-hydrogen) atoms. The second kappa shape index (κ2) is 6.57. The number of likely N-dealkylation sites (tertiary alicyclic amines) is 1. The molecular weight excluding hydrogens is 326 g/mol. The van der Waals surface area contributed by atoms with Gasteiger partial charge in [0.05, 0.1) is 0 Å². The number of carbonyl (C=O) groups is 1. The first-order chi connectivity index (χ1) is 11.1. The average Bonchev–Trinajstić information content (AvgIpc) is 2.86. The Morgan fingerprint density at radius 3 is 2.75 bits per heavy atom. The lowest BCUT2D eigenvalue weighted by atomic mass is 10.0. The number of hydrogen-bond donors (Lipinski definition) is 2. The number of hydrogen-bond acceptors (Lipinski definition) is 3. The Balaban J connectivity index is 0.00000169. The van der Waals surface area contributed by atoms with Crippen LogP contribution in [0.15, 0.2) is 29.1 Å². The van der Waals surface area contributed by atoms with Crippen LogP contribution in [0.3, 0.4) is 0 Å². The van der Waals surface area contributed by atoms with E-state index in [1.54, 1.807) is 0 Å². The third-order valence-electron chi connectivity index (χ3n) is 5.21. The summed E-state index contributed by atoms with van der Waals surface area (Å²) >= 11 is 0. The Bertz CT molecular complexity index is 833. The first-order valence-electron chi connectivity index (χ1n) is 8.30. The molecule has 5 nitrogen and oxygen atoms in total. The van der Waals surface area contributed by atoms with Gasteiger partial charge in [-0.05, 0) is 37.8 Å². The summed E-state index contributed by atoms with van der Waals surface area (Å²) < 4.78 is 0. The zero-order chi connectivity index (χ0) is 16.0. The van der Waals surface area contributed by atoms with Gasteiger partial charge in [-0.15, -0.1) is 12.4 Å². The van der Waals surface area contributed by atoms with Crippen molar-refractivity contribution >= 4 is 29.2 Å². The number of nitrogens with one attached hydrogen (secondary N) is 2. The Hall–Kier alpha value is -1.85. The predicted molar refractivity (Wildman–Crippen MR) is 97.0 cm³/mol. The Kier molecular flexibility index (Phi) is 4.65. The molecule has 0 spiro atoms. The number of para-hydroxylation sites is 1. The smallest absolute Gasteiger partial charge is 0.261 e. The highest BCUT2D eigenvalue weighted by molar-refractivity contribution is 5.99. The molecule has 2 atom stereocenters. The van der Waals surface area contributed by atoms with Crippen molar-refractivity contribution in [1.82, 2.24) is 15.2 Å². The van der Waals surface area contributed by atoms with Gasteiger partial charge in [0.15, 0.2) is 0 Å². The summed E-state index contributed by atoms with van der Waals surface area (Å²) in [6.45, 7) is 3.28. The molecular formula is C18H22ClN3O2. The molecule has 1 aromatic heterocycles. The predicted octanol–water partition coefficient (Wildman–Crippen LogP) is 2.22. The first kappa shape index (κ1) is 17.0. The SMILES string of the molecule is Cc1c(C(=O)N2CCC3CCC(C2)N3)c(=O)[nH]c2ccccc12.Cl. The van der Waals surface area contributed by atoms with E-state index in [9.17, 15) is 9.59 Å². The summed E-state index contributed by atoms with van der Waals surface area (Å²) in [4.78, 5) is 30.2. The maximum absolute atomic E-state index is 13.0.